The molecule has 1 amide bonds. The molecule has 7 heteroatoms. The van der Waals surface area contributed by atoms with E-state index in [1.165, 1.54) is 10.9 Å². The van der Waals surface area contributed by atoms with Gasteiger partial charge in [-0.1, -0.05) is 54.6 Å². The summed E-state index contributed by atoms with van der Waals surface area (Å²) in [5, 5.41) is 3.65. The zero-order valence-electron chi connectivity index (χ0n) is 17.9. The van der Waals surface area contributed by atoms with Gasteiger partial charge in [-0.2, -0.15) is 0 Å². The van der Waals surface area contributed by atoms with Gasteiger partial charge in [0.2, 0.25) is 5.91 Å². The first kappa shape index (κ1) is 20.6. The number of aromatic nitrogens is 4. The Morgan fingerprint density at radius 3 is 2.48 bits per heavy atom. The van der Waals surface area contributed by atoms with E-state index in [2.05, 4.69) is 15.3 Å². The number of benzene rings is 3. The van der Waals surface area contributed by atoms with Crippen LogP contribution in [0.25, 0.3) is 21.9 Å². The minimum absolute atomic E-state index is 0.147. The molecular weight excluding hydrogens is 414 g/mol. The Morgan fingerprint density at radius 1 is 0.939 bits per heavy atom. The Balaban J connectivity index is 1.34. The normalized spacial score (nSPS) is 12.1. The molecule has 0 saturated heterocycles. The molecule has 0 aliphatic rings. The molecule has 164 valence electrons. The third kappa shape index (κ3) is 4.52. The lowest BCUT2D eigenvalue weighted by molar-refractivity contribution is -0.122. The van der Waals surface area contributed by atoms with Gasteiger partial charge >= 0.3 is 0 Å². The van der Waals surface area contributed by atoms with Gasteiger partial charge < -0.3 is 10.3 Å². The first-order valence-electron chi connectivity index (χ1n) is 10.9. The van der Waals surface area contributed by atoms with Crippen LogP contribution in [0.1, 0.15) is 23.9 Å². The van der Waals surface area contributed by atoms with E-state index in [9.17, 15) is 9.59 Å². The number of amides is 1. The summed E-state index contributed by atoms with van der Waals surface area (Å²) in [6, 6.07) is 24.7. The number of carbonyl (C=O) groups excluding carboxylic acids is 1. The van der Waals surface area contributed by atoms with Gasteiger partial charge in [0, 0.05) is 13.0 Å². The highest BCUT2D eigenvalue weighted by atomic mass is 16.2. The van der Waals surface area contributed by atoms with Crippen LogP contribution in [0, 0.1) is 0 Å². The molecule has 0 radical (unpaired) electrons. The summed E-state index contributed by atoms with van der Waals surface area (Å²) < 4.78 is 1.48. The quantitative estimate of drug-likeness (QED) is 0.405. The van der Waals surface area contributed by atoms with Gasteiger partial charge in [0.05, 0.1) is 34.3 Å². The lowest BCUT2D eigenvalue weighted by Crippen LogP contribution is -2.32. The van der Waals surface area contributed by atoms with Gasteiger partial charge in [-0.05, 0) is 36.2 Å². The molecule has 0 aliphatic heterocycles. The predicted molar refractivity (Wildman–Crippen MR) is 128 cm³/mol. The number of hydrogen-bond donors (Lipinski definition) is 2. The van der Waals surface area contributed by atoms with Crippen molar-refractivity contribution in [3.63, 3.8) is 0 Å². The summed E-state index contributed by atoms with van der Waals surface area (Å²) in [5.41, 5.74) is 3.38. The van der Waals surface area contributed by atoms with Crippen LogP contribution in [-0.2, 0) is 17.8 Å². The standard InChI is InChI=1S/C26H23N5O2/c32-24(14-15-31-17-27-20-11-5-4-10-19(20)26(31)33)28-23(16-18-8-2-1-3-9-18)25-29-21-12-6-7-13-22(21)30-25/h1-13,17,23H,14-16H2,(H,28,32)(H,29,30). The van der Waals surface area contributed by atoms with E-state index in [1.54, 1.807) is 12.1 Å². The lowest BCUT2D eigenvalue weighted by Gasteiger charge is -2.17. The van der Waals surface area contributed by atoms with E-state index in [1.807, 2.05) is 66.7 Å². The minimum Gasteiger partial charge on any atom is -0.346 e. The first-order chi connectivity index (χ1) is 16.2. The third-order valence-corrected chi connectivity index (χ3v) is 5.67. The molecule has 0 aliphatic carbocycles. The number of nitrogens with one attached hydrogen (secondary N) is 2. The second-order valence-electron chi connectivity index (χ2n) is 7.96. The molecule has 1 atom stereocenters. The van der Waals surface area contributed by atoms with Gasteiger partial charge in [0.25, 0.3) is 5.56 Å². The number of imidazole rings is 1. The van der Waals surface area contributed by atoms with Crippen LogP contribution in [0.5, 0.6) is 0 Å². The summed E-state index contributed by atoms with van der Waals surface area (Å²) in [7, 11) is 0. The largest absolute Gasteiger partial charge is 0.346 e. The highest BCUT2D eigenvalue weighted by Crippen LogP contribution is 2.20. The van der Waals surface area contributed by atoms with Crippen LogP contribution in [0.4, 0.5) is 0 Å². The average Bonchev–Trinajstić information content (AvgIpc) is 3.28. The number of aryl methyl sites for hydroxylation is 1. The van der Waals surface area contributed by atoms with Gasteiger partial charge in [-0.15, -0.1) is 0 Å². The molecule has 2 heterocycles. The maximum Gasteiger partial charge on any atom is 0.261 e. The molecule has 0 bridgehead atoms. The molecule has 0 spiro atoms. The van der Waals surface area contributed by atoms with Crippen LogP contribution in [-0.4, -0.2) is 25.4 Å². The smallest absolute Gasteiger partial charge is 0.261 e. The second kappa shape index (κ2) is 9.08. The van der Waals surface area contributed by atoms with Crippen molar-refractivity contribution >= 4 is 27.8 Å². The van der Waals surface area contributed by atoms with Crippen molar-refractivity contribution in [2.75, 3.05) is 0 Å². The highest BCUT2D eigenvalue weighted by Gasteiger charge is 2.19. The molecule has 33 heavy (non-hydrogen) atoms. The number of hydrogen-bond acceptors (Lipinski definition) is 4. The Morgan fingerprint density at radius 2 is 1.67 bits per heavy atom. The number of nitrogens with zero attached hydrogens (tertiary/aromatic N) is 3. The summed E-state index contributed by atoms with van der Waals surface area (Å²) in [6.07, 6.45) is 2.26. The highest BCUT2D eigenvalue weighted by molar-refractivity contribution is 5.78. The van der Waals surface area contributed by atoms with E-state index in [0.29, 0.717) is 23.1 Å². The maximum absolute atomic E-state index is 12.9. The number of fused-ring (bicyclic) bond motifs is 2. The van der Waals surface area contributed by atoms with E-state index < -0.39 is 0 Å². The van der Waals surface area contributed by atoms with Crippen LogP contribution in [0.15, 0.2) is 90.0 Å². The number of carbonyl (C=O) groups is 1. The van der Waals surface area contributed by atoms with Crippen molar-refractivity contribution in [2.24, 2.45) is 0 Å². The molecule has 0 fully saturated rings. The summed E-state index contributed by atoms with van der Waals surface area (Å²) in [4.78, 5) is 37.9. The monoisotopic (exact) mass is 437 g/mol. The van der Waals surface area contributed by atoms with Crippen LogP contribution < -0.4 is 10.9 Å². The van der Waals surface area contributed by atoms with Crippen molar-refractivity contribution in [1.82, 2.24) is 24.8 Å². The molecule has 5 aromatic rings. The summed E-state index contributed by atoms with van der Waals surface area (Å²) in [5.74, 6) is 0.550. The van der Waals surface area contributed by atoms with Crippen molar-refractivity contribution in [3.8, 4) is 0 Å². The summed E-state index contributed by atoms with van der Waals surface area (Å²) >= 11 is 0. The molecule has 0 saturated carbocycles. The molecule has 1 unspecified atom stereocenters. The Bertz CT molecular complexity index is 1440. The maximum atomic E-state index is 12.9. The number of rotatable bonds is 7. The fraction of sp³-hybridized carbons (Fsp3) is 0.154. The Kier molecular flexibility index (Phi) is 5.68. The average molecular weight is 438 g/mol. The lowest BCUT2D eigenvalue weighted by atomic mass is 10.1. The first-order valence-corrected chi connectivity index (χ1v) is 10.9. The molecule has 2 N–H and O–H groups in total. The van der Waals surface area contributed by atoms with Crippen LogP contribution in [0.2, 0.25) is 0 Å². The second-order valence-corrected chi connectivity index (χ2v) is 7.96. The van der Waals surface area contributed by atoms with Crippen LogP contribution in [0.3, 0.4) is 0 Å². The van der Waals surface area contributed by atoms with Crippen molar-refractivity contribution in [2.45, 2.75) is 25.4 Å². The molecule has 7 nitrogen and oxygen atoms in total. The number of para-hydroxylation sites is 3. The van der Waals surface area contributed by atoms with E-state index in [4.69, 9.17) is 4.98 Å². The van der Waals surface area contributed by atoms with Gasteiger partial charge in [-0.3, -0.25) is 14.2 Å². The van der Waals surface area contributed by atoms with Gasteiger partial charge in [0.15, 0.2) is 0 Å². The van der Waals surface area contributed by atoms with E-state index >= 15 is 0 Å². The van der Waals surface area contributed by atoms with Crippen molar-refractivity contribution in [3.05, 3.63) is 107 Å². The molecule has 2 aromatic heterocycles. The van der Waals surface area contributed by atoms with Crippen molar-refractivity contribution in [1.29, 1.82) is 0 Å². The topological polar surface area (TPSA) is 92.7 Å². The van der Waals surface area contributed by atoms with Crippen LogP contribution >= 0.6 is 0 Å². The third-order valence-electron chi connectivity index (χ3n) is 5.67. The predicted octanol–water partition coefficient (Wildman–Crippen LogP) is 3.76. The fourth-order valence-corrected chi connectivity index (χ4v) is 3.96. The molecular formula is C26H23N5O2. The Labute approximate surface area is 190 Å². The zero-order chi connectivity index (χ0) is 22.6. The van der Waals surface area contributed by atoms with Crippen molar-refractivity contribution < 1.29 is 4.79 Å². The molecule has 5 rings (SSSR count). The molecule has 3 aromatic carbocycles. The summed E-state index contributed by atoms with van der Waals surface area (Å²) in [6.45, 7) is 0.251. The Hall–Kier alpha value is -4.26. The van der Waals surface area contributed by atoms with E-state index in [-0.39, 0.29) is 30.5 Å². The number of aromatic amines is 1. The fourth-order valence-electron chi connectivity index (χ4n) is 3.96. The number of H-pyrrole nitrogens is 1. The van der Waals surface area contributed by atoms with Gasteiger partial charge in [-0.25, -0.2) is 9.97 Å². The SMILES string of the molecule is O=C(CCn1cnc2ccccc2c1=O)NC(Cc1ccccc1)c1nc2ccccc2[nH]1. The van der Waals surface area contributed by atoms with Gasteiger partial charge in [0.1, 0.15) is 5.82 Å². The zero-order valence-corrected chi connectivity index (χ0v) is 17.9. The van der Waals surface area contributed by atoms with E-state index in [0.717, 1.165) is 16.6 Å². The minimum atomic E-state index is -0.321.